The van der Waals surface area contributed by atoms with Crippen LogP contribution in [-0.4, -0.2) is 33.0 Å². The zero-order chi connectivity index (χ0) is 10.9. The van der Waals surface area contributed by atoms with Gasteiger partial charge in [-0.2, -0.15) is 0 Å². The first kappa shape index (κ1) is 14.1. The standard InChI is InChI=1S/C8H19O5P/c1-4-10-7-8-13-14(9,11-5-2)12-6-3/h4-8H2,1-3H3. The fraction of sp³-hybridized carbons (Fsp3) is 1.00. The molecule has 0 atom stereocenters. The summed E-state index contributed by atoms with van der Waals surface area (Å²) in [6.45, 7) is 7.15. The molecule has 0 saturated heterocycles. The Labute approximate surface area is 85.3 Å². The van der Waals surface area contributed by atoms with Crippen LogP contribution in [0.15, 0.2) is 0 Å². The van der Waals surface area contributed by atoms with Crippen LogP contribution in [0.3, 0.4) is 0 Å². The molecule has 0 aromatic heterocycles. The Balaban J connectivity index is 3.78. The van der Waals surface area contributed by atoms with Crippen LogP contribution in [0, 0.1) is 0 Å². The quantitative estimate of drug-likeness (QED) is 0.445. The molecule has 0 heterocycles. The van der Waals surface area contributed by atoms with Gasteiger partial charge in [0.1, 0.15) is 0 Å². The van der Waals surface area contributed by atoms with Crippen molar-refractivity contribution in [2.24, 2.45) is 0 Å². The molecule has 0 aliphatic rings. The first-order valence-electron chi connectivity index (χ1n) is 4.79. The number of hydrogen-bond acceptors (Lipinski definition) is 5. The van der Waals surface area contributed by atoms with Crippen LogP contribution in [-0.2, 0) is 22.9 Å². The molecule has 5 nitrogen and oxygen atoms in total. The summed E-state index contributed by atoms with van der Waals surface area (Å²) in [5, 5.41) is 0. The molecule has 0 amide bonds. The van der Waals surface area contributed by atoms with Crippen molar-refractivity contribution in [1.82, 2.24) is 0 Å². The lowest BCUT2D eigenvalue weighted by atomic mass is 10.8. The molecule has 0 unspecified atom stereocenters. The van der Waals surface area contributed by atoms with E-state index in [2.05, 4.69) is 0 Å². The van der Waals surface area contributed by atoms with Gasteiger partial charge in [-0.25, -0.2) is 4.57 Å². The van der Waals surface area contributed by atoms with E-state index in [9.17, 15) is 4.57 Å². The molecule has 0 rings (SSSR count). The molecule has 0 radical (unpaired) electrons. The van der Waals surface area contributed by atoms with Gasteiger partial charge in [-0.15, -0.1) is 0 Å². The van der Waals surface area contributed by atoms with Gasteiger partial charge < -0.3 is 4.74 Å². The van der Waals surface area contributed by atoms with Crippen molar-refractivity contribution < 1.29 is 22.9 Å². The fourth-order valence-electron chi connectivity index (χ4n) is 0.780. The van der Waals surface area contributed by atoms with Crippen molar-refractivity contribution in [3.8, 4) is 0 Å². The van der Waals surface area contributed by atoms with Crippen LogP contribution in [0.5, 0.6) is 0 Å². The Morgan fingerprint density at radius 1 is 0.857 bits per heavy atom. The molecule has 14 heavy (non-hydrogen) atoms. The highest BCUT2D eigenvalue weighted by Crippen LogP contribution is 2.48. The van der Waals surface area contributed by atoms with Crippen molar-refractivity contribution in [3.63, 3.8) is 0 Å². The Hall–Kier alpha value is 0.0700. The van der Waals surface area contributed by atoms with Gasteiger partial charge in [0.15, 0.2) is 0 Å². The average molecular weight is 226 g/mol. The summed E-state index contributed by atoms with van der Waals surface area (Å²) in [4.78, 5) is 0. The van der Waals surface area contributed by atoms with Crippen LogP contribution in [0.25, 0.3) is 0 Å². The SMILES string of the molecule is CCOCCOP(=O)(OCC)OCC. The minimum Gasteiger partial charge on any atom is -0.379 e. The van der Waals surface area contributed by atoms with Gasteiger partial charge in [-0.05, 0) is 20.8 Å². The number of rotatable bonds is 9. The molecule has 0 aliphatic carbocycles. The Morgan fingerprint density at radius 2 is 1.43 bits per heavy atom. The van der Waals surface area contributed by atoms with Crippen molar-refractivity contribution in [3.05, 3.63) is 0 Å². The lowest BCUT2D eigenvalue weighted by Gasteiger charge is -2.15. The van der Waals surface area contributed by atoms with Gasteiger partial charge >= 0.3 is 7.82 Å². The van der Waals surface area contributed by atoms with Crippen molar-refractivity contribution in [1.29, 1.82) is 0 Å². The second-order valence-corrected chi connectivity index (χ2v) is 3.98. The summed E-state index contributed by atoms with van der Waals surface area (Å²) >= 11 is 0. The molecule has 0 saturated carbocycles. The number of phosphoric acid groups is 1. The van der Waals surface area contributed by atoms with Gasteiger partial charge in [0.2, 0.25) is 0 Å². The van der Waals surface area contributed by atoms with Gasteiger partial charge in [0, 0.05) is 6.61 Å². The highest BCUT2D eigenvalue weighted by Gasteiger charge is 2.24. The molecule has 0 N–H and O–H groups in total. The number of hydrogen-bond donors (Lipinski definition) is 0. The third-order valence-electron chi connectivity index (χ3n) is 1.26. The third kappa shape index (κ3) is 6.51. The second-order valence-electron chi connectivity index (χ2n) is 2.31. The van der Waals surface area contributed by atoms with Gasteiger partial charge in [-0.3, -0.25) is 13.6 Å². The summed E-state index contributed by atoms with van der Waals surface area (Å²) < 4.78 is 31.5. The van der Waals surface area contributed by atoms with Crippen LogP contribution in [0.4, 0.5) is 0 Å². The lowest BCUT2D eigenvalue weighted by Crippen LogP contribution is -2.06. The van der Waals surface area contributed by atoms with E-state index < -0.39 is 7.82 Å². The number of phosphoric ester groups is 1. The smallest absolute Gasteiger partial charge is 0.379 e. The van der Waals surface area contributed by atoms with E-state index >= 15 is 0 Å². The molecule has 0 fully saturated rings. The molecular formula is C8H19O5P. The van der Waals surface area contributed by atoms with Gasteiger partial charge in [0.05, 0.1) is 26.4 Å². The average Bonchev–Trinajstić information content (AvgIpc) is 2.13. The molecule has 0 spiro atoms. The summed E-state index contributed by atoms with van der Waals surface area (Å²) in [5.41, 5.74) is 0. The Morgan fingerprint density at radius 3 is 1.86 bits per heavy atom. The summed E-state index contributed by atoms with van der Waals surface area (Å²) in [7, 11) is -3.34. The van der Waals surface area contributed by atoms with Crippen molar-refractivity contribution in [2.45, 2.75) is 20.8 Å². The van der Waals surface area contributed by atoms with E-state index in [0.717, 1.165) is 0 Å². The first-order valence-corrected chi connectivity index (χ1v) is 6.26. The Kier molecular flexibility index (Phi) is 8.43. The largest absolute Gasteiger partial charge is 0.474 e. The maximum Gasteiger partial charge on any atom is 0.474 e. The first-order chi connectivity index (χ1) is 6.68. The van der Waals surface area contributed by atoms with Crippen LogP contribution >= 0.6 is 7.82 Å². The zero-order valence-corrected chi connectivity index (χ0v) is 9.92. The lowest BCUT2D eigenvalue weighted by molar-refractivity contribution is 0.0726. The summed E-state index contributed by atoms with van der Waals surface area (Å²) in [5.74, 6) is 0. The predicted molar refractivity (Wildman–Crippen MR) is 53.3 cm³/mol. The minimum atomic E-state index is -3.34. The number of ether oxygens (including phenoxy) is 1. The minimum absolute atomic E-state index is 0.213. The van der Waals surface area contributed by atoms with Crippen LogP contribution in [0.2, 0.25) is 0 Å². The molecule has 0 aliphatic heterocycles. The zero-order valence-electron chi connectivity index (χ0n) is 9.02. The van der Waals surface area contributed by atoms with E-state index in [0.29, 0.717) is 26.4 Å². The monoisotopic (exact) mass is 226 g/mol. The summed E-state index contributed by atoms with van der Waals surface area (Å²) in [6.07, 6.45) is 0. The van der Waals surface area contributed by atoms with E-state index in [1.807, 2.05) is 6.92 Å². The van der Waals surface area contributed by atoms with Crippen molar-refractivity contribution in [2.75, 3.05) is 33.0 Å². The second kappa shape index (κ2) is 8.38. The predicted octanol–water partition coefficient (Wildman–Crippen LogP) is 2.22. The van der Waals surface area contributed by atoms with Crippen LogP contribution in [0.1, 0.15) is 20.8 Å². The van der Waals surface area contributed by atoms with Crippen LogP contribution < -0.4 is 0 Å². The fourth-order valence-corrected chi connectivity index (χ4v) is 1.93. The van der Waals surface area contributed by atoms with E-state index in [-0.39, 0.29) is 6.61 Å². The highest BCUT2D eigenvalue weighted by molar-refractivity contribution is 7.48. The maximum atomic E-state index is 11.7. The third-order valence-corrected chi connectivity index (χ3v) is 2.90. The van der Waals surface area contributed by atoms with E-state index in [1.54, 1.807) is 13.8 Å². The molecule has 86 valence electrons. The van der Waals surface area contributed by atoms with Gasteiger partial charge in [0.25, 0.3) is 0 Å². The summed E-state index contributed by atoms with van der Waals surface area (Å²) in [6, 6.07) is 0. The van der Waals surface area contributed by atoms with E-state index in [4.69, 9.17) is 18.3 Å². The van der Waals surface area contributed by atoms with Crippen molar-refractivity contribution >= 4 is 7.82 Å². The molecule has 0 aromatic carbocycles. The molecule has 0 bridgehead atoms. The normalized spacial score (nSPS) is 11.9. The van der Waals surface area contributed by atoms with Gasteiger partial charge in [-0.1, -0.05) is 0 Å². The molecule has 0 aromatic rings. The maximum absolute atomic E-state index is 11.7. The topological polar surface area (TPSA) is 54.0 Å². The molecular weight excluding hydrogens is 207 g/mol. The molecule has 6 heteroatoms. The highest BCUT2D eigenvalue weighted by atomic mass is 31.2. The Bertz CT molecular complexity index is 163. The van der Waals surface area contributed by atoms with E-state index in [1.165, 1.54) is 0 Å².